The molecule has 7 nitrogen and oxygen atoms in total. The molecule has 0 radical (unpaired) electrons. The second-order valence-electron chi connectivity index (χ2n) is 11.5. The summed E-state index contributed by atoms with van der Waals surface area (Å²) in [6.45, 7) is 6.73. The molecule has 1 fully saturated rings. The lowest BCUT2D eigenvalue weighted by molar-refractivity contribution is -0.132. The molecule has 0 saturated heterocycles. The molecule has 1 aliphatic carbocycles. The van der Waals surface area contributed by atoms with Crippen molar-refractivity contribution in [1.29, 1.82) is 0 Å². The van der Waals surface area contributed by atoms with Crippen molar-refractivity contribution < 1.29 is 19.4 Å². The van der Waals surface area contributed by atoms with Crippen LogP contribution in [0.2, 0.25) is 0 Å². The third-order valence-corrected chi connectivity index (χ3v) is 8.58. The largest absolute Gasteiger partial charge is 0.491 e. The van der Waals surface area contributed by atoms with E-state index in [9.17, 15) is 14.7 Å². The molecule has 6 rings (SSSR count). The van der Waals surface area contributed by atoms with Crippen molar-refractivity contribution in [3.05, 3.63) is 64.9 Å². The molecule has 2 aliphatic heterocycles. The van der Waals surface area contributed by atoms with Gasteiger partial charge in [0.2, 0.25) is 0 Å². The van der Waals surface area contributed by atoms with E-state index in [1.54, 1.807) is 6.92 Å². The van der Waals surface area contributed by atoms with E-state index < -0.39 is 11.5 Å². The van der Waals surface area contributed by atoms with Gasteiger partial charge in [0, 0.05) is 39.9 Å². The number of rotatable bonds is 5. The molecule has 7 heteroatoms. The van der Waals surface area contributed by atoms with Crippen molar-refractivity contribution in [3.63, 3.8) is 0 Å². The maximum atomic E-state index is 13.6. The quantitative estimate of drug-likeness (QED) is 0.400. The van der Waals surface area contributed by atoms with Gasteiger partial charge in [0.15, 0.2) is 0 Å². The number of hydrogen-bond acceptors (Lipinski definition) is 4. The molecule has 3 heterocycles. The summed E-state index contributed by atoms with van der Waals surface area (Å²) < 4.78 is 8.50. The minimum Gasteiger partial charge on any atom is -0.491 e. The van der Waals surface area contributed by atoms with Crippen LogP contribution in [0.1, 0.15) is 81.1 Å². The first-order valence-corrected chi connectivity index (χ1v) is 14.0. The van der Waals surface area contributed by atoms with Gasteiger partial charge in [-0.25, -0.2) is 4.79 Å². The van der Waals surface area contributed by atoms with Crippen LogP contribution in [0.25, 0.3) is 22.2 Å². The van der Waals surface area contributed by atoms with Gasteiger partial charge in [-0.05, 0) is 69.4 Å². The highest BCUT2D eigenvalue weighted by Gasteiger charge is 2.34. The number of aliphatic carboxylic acids is 1. The van der Waals surface area contributed by atoms with Crippen LogP contribution in [0, 0.1) is 0 Å². The van der Waals surface area contributed by atoms with Crippen LogP contribution in [0.3, 0.4) is 0 Å². The summed E-state index contributed by atoms with van der Waals surface area (Å²) in [5, 5.41) is 13.8. The van der Waals surface area contributed by atoms with Crippen LogP contribution in [-0.4, -0.2) is 39.4 Å². The average Bonchev–Trinajstić information content (AvgIpc) is 3.41. The maximum Gasteiger partial charge on any atom is 0.333 e. The van der Waals surface area contributed by atoms with Gasteiger partial charge < -0.3 is 19.7 Å². The molecule has 2 N–H and O–H groups in total. The lowest BCUT2D eigenvalue weighted by Gasteiger charge is -2.27. The first-order chi connectivity index (χ1) is 18.7. The van der Waals surface area contributed by atoms with Gasteiger partial charge >= 0.3 is 5.97 Å². The van der Waals surface area contributed by atoms with E-state index in [2.05, 4.69) is 33.1 Å². The lowest BCUT2D eigenvalue weighted by atomic mass is 9.81. The van der Waals surface area contributed by atoms with Gasteiger partial charge in [-0.15, -0.1) is 0 Å². The third kappa shape index (κ3) is 4.44. The van der Waals surface area contributed by atoms with E-state index >= 15 is 0 Å². The van der Waals surface area contributed by atoms with Crippen LogP contribution in [0.4, 0.5) is 0 Å². The van der Waals surface area contributed by atoms with Gasteiger partial charge in [-0.2, -0.15) is 0 Å². The molecule has 0 atom stereocenters. The number of carbonyl (C=O) groups is 2. The van der Waals surface area contributed by atoms with Gasteiger partial charge in [0.05, 0.1) is 23.4 Å². The number of carboxylic acid groups (broad SMARTS) is 1. The Hall–Kier alpha value is -3.87. The molecule has 1 aromatic heterocycles. The fraction of sp³-hybridized carbons (Fsp3) is 0.406. The van der Waals surface area contributed by atoms with E-state index in [1.807, 2.05) is 38.1 Å². The predicted octanol–water partition coefficient (Wildman–Crippen LogP) is 6.46. The number of allylic oxidation sites excluding steroid dienone is 1. The number of nitrogens with zero attached hydrogens (tertiary/aromatic N) is 2. The molecule has 0 unspecified atom stereocenters. The molecule has 3 aliphatic rings. The maximum absolute atomic E-state index is 13.6. The number of para-hydroxylation sites is 1. The second-order valence-corrected chi connectivity index (χ2v) is 11.5. The van der Waals surface area contributed by atoms with Crippen molar-refractivity contribution in [3.8, 4) is 17.0 Å². The summed E-state index contributed by atoms with van der Waals surface area (Å²) >= 11 is 0. The van der Waals surface area contributed by atoms with Gasteiger partial charge in [0.1, 0.15) is 12.4 Å². The van der Waals surface area contributed by atoms with Crippen molar-refractivity contribution >= 4 is 28.5 Å². The monoisotopic (exact) mass is 525 g/mol. The van der Waals surface area contributed by atoms with Crippen LogP contribution in [0.15, 0.2) is 58.7 Å². The Balaban J connectivity index is 1.39. The highest BCUT2D eigenvalue weighted by Crippen LogP contribution is 2.47. The highest BCUT2D eigenvalue weighted by molar-refractivity contribution is 6.08. The third-order valence-electron chi connectivity index (χ3n) is 8.58. The van der Waals surface area contributed by atoms with Gasteiger partial charge in [-0.1, -0.05) is 37.5 Å². The van der Waals surface area contributed by atoms with Gasteiger partial charge in [0.25, 0.3) is 5.91 Å². The molecule has 39 heavy (non-hydrogen) atoms. The zero-order valence-electron chi connectivity index (χ0n) is 22.8. The number of amides is 1. The molecule has 0 spiro atoms. The molecule has 2 aromatic carbocycles. The number of fused-ring (bicyclic) bond motifs is 5. The molecule has 0 bridgehead atoms. The first-order valence-electron chi connectivity index (χ1n) is 14.0. The van der Waals surface area contributed by atoms with Crippen molar-refractivity contribution in [2.45, 2.75) is 77.3 Å². The van der Waals surface area contributed by atoms with Crippen LogP contribution in [0.5, 0.6) is 5.75 Å². The topological polar surface area (TPSA) is 92.9 Å². The van der Waals surface area contributed by atoms with Crippen molar-refractivity contribution in [2.75, 3.05) is 6.61 Å². The molecule has 202 valence electrons. The number of aromatic nitrogens is 1. The minimum absolute atomic E-state index is 0.203. The number of benzene rings is 2. The number of carbonyl (C=O) groups excluding carboxylic acids is 1. The average molecular weight is 526 g/mol. The zero-order valence-corrected chi connectivity index (χ0v) is 22.8. The minimum atomic E-state index is -0.966. The summed E-state index contributed by atoms with van der Waals surface area (Å²) in [6, 6.07) is 14.3. The summed E-state index contributed by atoms with van der Waals surface area (Å²) in [5.74, 6) is 0.234. The summed E-state index contributed by atoms with van der Waals surface area (Å²) in [4.78, 5) is 29.6. The van der Waals surface area contributed by atoms with Crippen molar-refractivity contribution in [1.82, 2.24) is 9.88 Å². The molecule has 1 amide bonds. The Labute approximate surface area is 228 Å². The number of ether oxygens (including phenoxy) is 1. The normalized spacial score (nSPS) is 17.8. The van der Waals surface area contributed by atoms with E-state index in [4.69, 9.17) is 4.74 Å². The van der Waals surface area contributed by atoms with E-state index in [-0.39, 0.29) is 17.9 Å². The van der Waals surface area contributed by atoms with E-state index in [1.165, 1.54) is 48.7 Å². The van der Waals surface area contributed by atoms with E-state index in [0.717, 1.165) is 16.8 Å². The van der Waals surface area contributed by atoms with E-state index in [0.29, 0.717) is 36.0 Å². The predicted molar refractivity (Wildman–Crippen MR) is 153 cm³/mol. The SMILES string of the molecule is CC1=C(C(=O)O)CC(C(C)(C)NC(=O)c2ccc3c(C4CCCCC4)c4n(c3c2)CCOc2ccccc2-4)=N1. The Morgan fingerprint density at radius 2 is 1.87 bits per heavy atom. The lowest BCUT2D eigenvalue weighted by Crippen LogP contribution is -2.49. The molecular weight excluding hydrogens is 490 g/mol. The van der Waals surface area contributed by atoms with Crippen LogP contribution >= 0.6 is 0 Å². The standard InChI is InChI=1S/C32H35N3O4/c1-19-24(31(37)38)18-27(33-19)32(2,3)34-30(36)21-13-14-22-25(17-21)35-15-16-39-26-12-8-7-11-23(26)29(35)28(22)20-9-5-4-6-10-20/h7-8,11-14,17,20H,4-6,9-10,15-16,18H2,1-3H3,(H,34,36)(H,37,38). The number of aliphatic imine (C=N–C) groups is 1. The summed E-state index contributed by atoms with van der Waals surface area (Å²) in [7, 11) is 0. The number of nitrogens with one attached hydrogen (secondary N) is 1. The Bertz CT molecular complexity index is 1550. The fourth-order valence-electron chi connectivity index (χ4n) is 6.50. The van der Waals surface area contributed by atoms with Crippen molar-refractivity contribution in [2.24, 2.45) is 4.99 Å². The number of hydrogen-bond donors (Lipinski definition) is 2. The summed E-state index contributed by atoms with van der Waals surface area (Å²) in [6.07, 6.45) is 6.36. The summed E-state index contributed by atoms with van der Waals surface area (Å²) in [5.41, 5.74) is 6.00. The molecule has 1 saturated carbocycles. The Morgan fingerprint density at radius 1 is 1.10 bits per heavy atom. The smallest absolute Gasteiger partial charge is 0.333 e. The van der Waals surface area contributed by atoms with Crippen LogP contribution < -0.4 is 10.1 Å². The zero-order chi connectivity index (χ0) is 27.3. The number of carboxylic acids is 1. The fourth-order valence-corrected chi connectivity index (χ4v) is 6.50. The molecule has 3 aromatic rings. The molecular formula is C32H35N3O4. The van der Waals surface area contributed by atoms with Gasteiger partial charge in [-0.3, -0.25) is 9.79 Å². The Kier molecular flexibility index (Phi) is 6.32. The first kappa shape index (κ1) is 25.4. The Morgan fingerprint density at radius 3 is 2.62 bits per heavy atom. The second kappa shape index (κ2) is 9.70. The highest BCUT2D eigenvalue weighted by atomic mass is 16.5. The van der Waals surface area contributed by atoms with Crippen LogP contribution in [-0.2, 0) is 11.3 Å².